The highest BCUT2D eigenvalue weighted by molar-refractivity contribution is 6.31. The van der Waals surface area contributed by atoms with Crippen LogP contribution in [0.15, 0.2) is 52.6 Å². The summed E-state index contributed by atoms with van der Waals surface area (Å²) >= 11 is 6.11. The van der Waals surface area contributed by atoms with Crippen molar-refractivity contribution in [3.05, 3.63) is 71.1 Å². The Kier molecular flexibility index (Phi) is 8.24. The molecule has 4 rings (SSSR count). The lowest BCUT2D eigenvalue weighted by atomic mass is 9.98. The molecule has 4 aromatic rings. The van der Waals surface area contributed by atoms with E-state index in [1.54, 1.807) is 44.6 Å². The molecule has 1 N–H and O–H groups in total. The van der Waals surface area contributed by atoms with Crippen LogP contribution in [-0.4, -0.2) is 50.1 Å². The molecular formula is C26H26ClF2N7O3. The zero-order valence-corrected chi connectivity index (χ0v) is 22.6. The highest BCUT2D eigenvalue weighted by Crippen LogP contribution is 2.36. The van der Waals surface area contributed by atoms with Crippen LogP contribution < -0.4 is 10.1 Å². The van der Waals surface area contributed by atoms with Gasteiger partial charge in [0.15, 0.2) is 5.76 Å². The van der Waals surface area contributed by atoms with Gasteiger partial charge in [0.2, 0.25) is 0 Å². The van der Waals surface area contributed by atoms with Crippen molar-refractivity contribution >= 4 is 23.3 Å². The Morgan fingerprint density at radius 2 is 2.03 bits per heavy atom. The summed E-state index contributed by atoms with van der Waals surface area (Å²) in [6.45, 7) is 5.20. The fourth-order valence-corrected chi connectivity index (χ4v) is 4.07. The number of rotatable bonds is 8. The predicted molar refractivity (Wildman–Crippen MR) is 141 cm³/mol. The Morgan fingerprint density at radius 3 is 2.64 bits per heavy atom. The first-order valence-corrected chi connectivity index (χ1v) is 12.3. The molecule has 204 valence electrons. The second kappa shape index (κ2) is 11.6. The van der Waals surface area contributed by atoms with Gasteiger partial charge in [0.25, 0.3) is 5.88 Å². The van der Waals surface area contributed by atoms with Crippen molar-refractivity contribution in [2.24, 2.45) is 12.1 Å². The van der Waals surface area contributed by atoms with Crippen LogP contribution in [0.25, 0.3) is 22.4 Å². The van der Waals surface area contributed by atoms with Crippen molar-refractivity contribution in [1.29, 1.82) is 0 Å². The van der Waals surface area contributed by atoms with E-state index in [2.05, 4.69) is 25.5 Å². The van der Waals surface area contributed by atoms with Crippen LogP contribution in [0.1, 0.15) is 38.3 Å². The van der Waals surface area contributed by atoms with Crippen LogP contribution in [0.4, 0.5) is 13.6 Å². The number of carbonyl (C=O) groups excluding carboxylic acids is 1. The third-order valence-corrected chi connectivity index (χ3v) is 6.02. The van der Waals surface area contributed by atoms with Crippen LogP contribution in [0.2, 0.25) is 5.02 Å². The number of methoxy groups -OCH3 is 1. The Balaban J connectivity index is 1.57. The minimum Gasteiger partial charge on any atom is -0.479 e. The van der Waals surface area contributed by atoms with Crippen LogP contribution >= 0.6 is 11.6 Å². The number of hydrogen-bond acceptors (Lipinski definition) is 7. The number of benzene rings is 1. The zero-order valence-electron chi connectivity index (χ0n) is 21.9. The number of imidazole rings is 1. The molecule has 3 heterocycles. The van der Waals surface area contributed by atoms with Gasteiger partial charge in [-0.15, -0.1) is 0 Å². The molecule has 1 unspecified atom stereocenters. The molecule has 0 aliphatic heterocycles. The number of hydrazone groups is 1. The highest BCUT2D eigenvalue weighted by Gasteiger charge is 2.22. The fraction of sp³-hybridized carbons (Fsp3) is 0.269. The molecule has 0 spiro atoms. The SMILES string of the molecule is CCN(N=C(C)c1cc(OC)no1)C(=O)NC(C)c1ncc(-c2cc(Cl)cc(F)c2-c2cn(C)cn2)cc1F. The van der Waals surface area contributed by atoms with Crippen molar-refractivity contribution in [2.45, 2.75) is 26.8 Å². The number of hydrogen-bond donors (Lipinski definition) is 1. The van der Waals surface area contributed by atoms with E-state index in [9.17, 15) is 9.18 Å². The summed E-state index contributed by atoms with van der Waals surface area (Å²) in [4.78, 5) is 21.3. The number of aryl methyl sites for hydroxylation is 1. The van der Waals surface area contributed by atoms with Gasteiger partial charge in [0.1, 0.15) is 17.3 Å². The van der Waals surface area contributed by atoms with E-state index >= 15 is 4.39 Å². The van der Waals surface area contributed by atoms with E-state index < -0.39 is 23.7 Å². The molecule has 0 fully saturated rings. The van der Waals surface area contributed by atoms with E-state index in [1.165, 1.54) is 42.8 Å². The minimum absolute atomic E-state index is 0.00860. The zero-order chi connectivity index (χ0) is 28.3. The fourth-order valence-electron chi connectivity index (χ4n) is 3.86. The lowest BCUT2D eigenvalue weighted by molar-refractivity contribution is 0.199. The highest BCUT2D eigenvalue weighted by atomic mass is 35.5. The monoisotopic (exact) mass is 557 g/mol. The number of halogens is 3. The third-order valence-electron chi connectivity index (χ3n) is 5.81. The van der Waals surface area contributed by atoms with Gasteiger partial charge in [0, 0.05) is 42.1 Å². The summed E-state index contributed by atoms with van der Waals surface area (Å²) in [6, 6.07) is 4.08. The van der Waals surface area contributed by atoms with Crippen LogP contribution in [-0.2, 0) is 7.05 Å². The molecule has 1 atom stereocenters. The number of nitrogens with one attached hydrogen (secondary N) is 1. The van der Waals surface area contributed by atoms with E-state index in [0.717, 1.165) is 0 Å². The molecule has 0 saturated carbocycles. The van der Waals surface area contributed by atoms with Gasteiger partial charge in [-0.05, 0) is 49.7 Å². The maximum atomic E-state index is 15.3. The number of amides is 2. The first kappa shape index (κ1) is 27.7. The van der Waals surface area contributed by atoms with Gasteiger partial charge in [-0.2, -0.15) is 5.10 Å². The summed E-state index contributed by atoms with van der Waals surface area (Å²) in [5.41, 5.74) is 1.55. The van der Waals surface area contributed by atoms with Crippen LogP contribution in [0, 0.1) is 11.6 Å². The average Bonchev–Trinajstić information content (AvgIpc) is 3.55. The smallest absolute Gasteiger partial charge is 0.338 e. The third kappa shape index (κ3) is 6.06. The average molecular weight is 558 g/mol. The van der Waals surface area contributed by atoms with Crippen molar-refractivity contribution in [2.75, 3.05) is 13.7 Å². The number of ether oxygens (including phenoxy) is 1. The standard InChI is InChI=1S/C26H26ClF2N7O3/c1-6-36(33-14(2)22-10-23(38-5)34-39-22)26(37)32-15(3)25-20(29)7-16(11-30-25)18-8-17(27)9-19(28)24(18)21-12-35(4)13-31-21/h7-13,15H,6H2,1-5H3,(H,32,37). The number of carbonyl (C=O) groups is 1. The lowest BCUT2D eigenvalue weighted by Crippen LogP contribution is -2.39. The summed E-state index contributed by atoms with van der Waals surface area (Å²) < 4.78 is 42.1. The summed E-state index contributed by atoms with van der Waals surface area (Å²) in [5, 5.41) is 12.0. The van der Waals surface area contributed by atoms with E-state index in [0.29, 0.717) is 28.3 Å². The first-order chi connectivity index (χ1) is 18.6. The number of nitrogens with zero attached hydrogens (tertiary/aromatic N) is 6. The second-order valence-corrected chi connectivity index (χ2v) is 9.07. The number of urea groups is 1. The van der Waals surface area contributed by atoms with E-state index in [4.69, 9.17) is 20.9 Å². The molecule has 39 heavy (non-hydrogen) atoms. The van der Waals surface area contributed by atoms with Gasteiger partial charge in [0.05, 0.1) is 36.9 Å². The molecule has 3 aromatic heterocycles. The molecule has 1 aromatic carbocycles. The summed E-state index contributed by atoms with van der Waals surface area (Å²) in [7, 11) is 3.21. The first-order valence-electron chi connectivity index (χ1n) is 11.9. The molecule has 0 bridgehead atoms. The summed E-state index contributed by atoms with van der Waals surface area (Å²) in [5.74, 6) is -0.681. The molecule has 10 nitrogen and oxygen atoms in total. The van der Waals surface area contributed by atoms with Crippen LogP contribution in [0.5, 0.6) is 5.88 Å². The second-order valence-electron chi connectivity index (χ2n) is 8.63. The van der Waals surface area contributed by atoms with Gasteiger partial charge < -0.3 is 19.1 Å². The van der Waals surface area contributed by atoms with Gasteiger partial charge >= 0.3 is 6.03 Å². The van der Waals surface area contributed by atoms with Crippen LogP contribution in [0.3, 0.4) is 0 Å². The molecule has 0 aliphatic rings. The van der Waals surface area contributed by atoms with Gasteiger partial charge in [-0.25, -0.2) is 23.6 Å². The summed E-state index contributed by atoms with van der Waals surface area (Å²) in [6.07, 6.45) is 4.58. The Bertz CT molecular complexity index is 1540. The van der Waals surface area contributed by atoms with E-state index in [1.807, 2.05) is 0 Å². The van der Waals surface area contributed by atoms with E-state index in [-0.39, 0.29) is 28.7 Å². The predicted octanol–water partition coefficient (Wildman–Crippen LogP) is 5.59. The largest absolute Gasteiger partial charge is 0.479 e. The quantitative estimate of drug-likeness (QED) is 0.223. The van der Waals surface area contributed by atoms with Crippen molar-refractivity contribution in [3.63, 3.8) is 0 Å². The van der Waals surface area contributed by atoms with Crippen molar-refractivity contribution in [3.8, 4) is 28.3 Å². The minimum atomic E-state index is -0.812. The number of aromatic nitrogens is 4. The van der Waals surface area contributed by atoms with Gasteiger partial charge in [-0.1, -0.05) is 11.6 Å². The maximum Gasteiger partial charge on any atom is 0.338 e. The number of pyridine rings is 1. The molecule has 13 heteroatoms. The van der Waals surface area contributed by atoms with Crippen molar-refractivity contribution in [1.82, 2.24) is 30.0 Å². The Hall–Kier alpha value is -4.32. The molecule has 2 amide bonds. The topological polar surface area (TPSA) is 111 Å². The maximum absolute atomic E-state index is 15.3. The normalized spacial score (nSPS) is 12.4. The van der Waals surface area contributed by atoms with Crippen molar-refractivity contribution < 1.29 is 22.8 Å². The van der Waals surface area contributed by atoms with Gasteiger partial charge in [-0.3, -0.25) is 4.98 Å². The molecule has 0 saturated heterocycles. The lowest BCUT2D eigenvalue weighted by Gasteiger charge is -2.20. The molecule has 0 radical (unpaired) electrons. The Labute approximate surface area is 228 Å². The molecule has 0 aliphatic carbocycles. The molecular weight excluding hydrogens is 532 g/mol. The Morgan fingerprint density at radius 1 is 1.26 bits per heavy atom.